The molecule has 2 N–H and O–H groups in total. The first kappa shape index (κ1) is 31.4. The van der Waals surface area contributed by atoms with Crippen LogP contribution in [0, 0.1) is 18.6 Å². The van der Waals surface area contributed by atoms with Crippen LogP contribution in [0.15, 0.2) is 61.3 Å². The summed E-state index contributed by atoms with van der Waals surface area (Å²) in [5.74, 6) is -0.325. The van der Waals surface area contributed by atoms with Crippen LogP contribution in [0.5, 0.6) is 0 Å². The maximum Gasteiger partial charge on any atom is 0.246 e. The summed E-state index contributed by atoms with van der Waals surface area (Å²) in [4.78, 5) is 22.0. The van der Waals surface area contributed by atoms with Gasteiger partial charge >= 0.3 is 0 Å². The molecule has 3 aromatic rings. The molecule has 210 valence electrons. The predicted molar refractivity (Wildman–Crippen MR) is 156 cm³/mol. The van der Waals surface area contributed by atoms with Crippen LogP contribution >= 0.6 is 0 Å². The molecule has 39 heavy (non-hydrogen) atoms. The second-order valence-electron chi connectivity index (χ2n) is 8.97. The molecule has 2 aromatic carbocycles. The van der Waals surface area contributed by atoms with Crippen LogP contribution < -0.4 is 10.6 Å². The fraction of sp³-hybridized carbons (Fsp3) is 0.387. The van der Waals surface area contributed by atoms with Gasteiger partial charge in [-0.3, -0.25) is 4.79 Å². The molecular weight excluding hydrogens is 496 g/mol. The zero-order valence-electron chi connectivity index (χ0n) is 23.7. The average Bonchev–Trinajstić information content (AvgIpc) is 2.97. The number of anilines is 3. The second kappa shape index (κ2) is 16.2. The number of aryl methyl sites for hydroxylation is 3. The number of amides is 1. The summed E-state index contributed by atoms with van der Waals surface area (Å²) >= 11 is 0. The number of nitrogens with one attached hydrogen (secondary N) is 2. The Kier molecular flexibility index (Phi) is 13.1. The summed E-state index contributed by atoms with van der Waals surface area (Å²) in [7, 11) is 0. The topological polar surface area (TPSA) is 70.2 Å². The summed E-state index contributed by atoms with van der Waals surface area (Å²) in [6, 6.07) is 12.5. The summed E-state index contributed by atoms with van der Waals surface area (Å²) in [5.41, 5.74) is 4.55. The first-order valence-electron chi connectivity index (χ1n) is 13.6. The zero-order valence-corrected chi connectivity index (χ0v) is 23.7. The Labute approximate surface area is 231 Å². The van der Waals surface area contributed by atoms with Crippen LogP contribution in [0.4, 0.5) is 26.2 Å². The smallest absolute Gasteiger partial charge is 0.246 e. The summed E-state index contributed by atoms with van der Waals surface area (Å²) in [5, 5.41) is 6.30. The van der Waals surface area contributed by atoms with Gasteiger partial charge in [0.1, 0.15) is 5.82 Å². The number of halogens is 2. The fourth-order valence-electron chi connectivity index (χ4n) is 4.19. The molecule has 8 heteroatoms. The third-order valence-electron chi connectivity index (χ3n) is 6.23. The molecule has 0 saturated carbocycles. The largest absolute Gasteiger partial charge is 0.363 e. The monoisotopic (exact) mass is 537 g/mol. The van der Waals surface area contributed by atoms with Gasteiger partial charge in [-0.15, -0.1) is 0 Å². The molecule has 6 nitrogen and oxygen atoms in total. The van der Waals surface area contributed by atoms with Crippen molar-refractivity contribution in [2.75, 3.05) is 23.7 Å². The van der Waals surface area contributed by atoms with E-state index in [1.165, 1.54) is 29.3 Å². The highest BCUT2D eigenvalue weighted by atomic mass is 19.1. The number of hydrogen-bond donors (Lipinski definition) is 2. The van der Waals surface area contributed by atoms with Gasteiger partial charge in [0, 0.05) is 24.8 Å². The lowest BCUT2D eigenvalue weighted by molar-refractivity contribution is -0.127. The molecule has 2 heterocycles. The number of nitrogens with zero attached hydrogens (tertiary/aromatic N) is 3. The number of carbonyl (C=O) groups excluding carboxylic acids is 1. The van der Waals surface area contributed by atoms with Crippen molar-refractivity contribution in [1.82, 2.24) is 14.9 Å². The van der Waals surface area contributed by atoms with Crippen LogP contribution in [-0.4, -0.2) is 39.9 Å². The van der Waals surface area contributed by atoms with Gasteiger partial charge in [0.2, 0.25) is 11.9 Å². The molecule has 1 aliphatic rings. The lowest BCUT2D eigenvalue weighted by Crippen LogP contribution is -2.44. The average molecular weight is 538 g/mol. The number of benzene rings is 2. The quantitative estimate of drug-likeness (QED) is 0.311. The van der Waals surface area contributed by atoms with Crippen molar-refractivity contribution >= 4 is 23.4 Å². The predicted octanol–water partition coefficient (Wildman–Crippen LogP) is 7.23. The molecule has 1 saturated heterocycles. The van der Waals surface area contributed by atoms with Gasteiger partial charge in [0.15, 0.2) is 11.6 Å². The lowest BCUT2D eigenvalue weighted by Gasteiger charge is -2.32. The van der Waals surface area contributed by atoms with E-state index in [1.54, 1.807) is 17.0 Å². The Balaban J connectivity index is 0.000000451. The van der Waals surface area contributed by atoms with Crippen molar-refractivity contribution in [3.05, 3.63) is 89.6 Å². The van der Waals surface area contributed by atoms with E-state index in [-0.39, 0.29) is 23.6 Å². The molecule has 4 rings (SSSR count). The van der Waals surface area contributed by atoms with Crippen LogP contribution in [0.1, 0.15) is 57.2 Å². The maximum absolute atomic E-state index is 14.3. The van der Waals surface area contributed by atoms with Crippen molar-refractivity contribution in [3.63, 3.8) is 0 Å². The van der Waals surface area contributed by atoms with E-state index < -0.39 is 5.82 Å². The van der Waals surface area contributed by atoms with E-state index in [2.05, 4.69) is 53.2 Å². The van der Waals surface area contributed by atoms with Gasteiger partial charge < -0.3 is 15.5 Å². The highest BCUT2D eigenvalue weighted by Gasteiger charge is 2.23. The molecule has 0 aliphatic carbocycles. The van der Waals surface area contributed by atoms with Crippen LogP contribution in [0.2, 0.25) is 0 Å². The molecule has 1 fully saturated rings. The third-order valence-corrected chi connectivity index (χ3v) is 6.23. The first-order chi connectivity index (χ1) is 18.8. The Morgan fingerprint density at radius 2 is 1.79 bits per heavy atom. The highest BCUT2D eigenvalue weighted by Crippen LogP contribution is 2.22. The molecule has 1 unspecified atom stereocenters. The van der Waals surface area contributed by atoms with Crippen molar-refractivity contribution in [2.24, 2.45) is 0 Å². The Morgan fingerprint density at radius 1 is 1.10 bits per heavy atom. The molecule has 1 amide bonds. The molecule has 1 aliphatic heterocycles. The van der Waals surface area contributed by atoms with Crippen molar-refractivity contribution in [1.29, 1.82) is 0 Å². The Bertz CT molecular complexity index is 1180. The van der Waals surface area contributed by atoms with Gasteiger partial charge in [0.05, 0.1) is 6.20 Å². The van der Waals surface area contributed by atoms with Crippen LogP contribution in [-0.2, 0) is 17.6 Å². The molecular formula is C31H41F2N5O. The van der Waals surface area contributed by atoms with Gasteiger partial charge in [-0.1, -0.05) is 58.0 Å². The minimum absolute atomic E-state index is 0.0690. The number of hydrogen-bond acceptors (Lipinski definition) is 5. The third kappa shape index (κ3) is 9.78. The van der Waals surface area contributed by atoms with Gasteiger partial charge in [-0.25, -0.2) is 13.8 Å². The SMILES string of the molecule is C=CC(=O)N1CCCC(Nc2nc(Nc3ccc(CC)c(CC)c3)ncc2F)C1.CC.Cc1ccc(F)cc1. The Hall–Kier alpha value is -3.81. The summed E-state index contributed by atoms with van der Waals surface area (Å²) in [6.07, 6.45) is 6.08. The minimum atomic E-state index is -0.515. The molecule has 0 spiro atoms. The van der Waals surface area contributed by atoms with E-state index in [4.69, 9.17) is 0 Å². The van der Waals surface area contributed by atoms with Gasteiger partial charge in [-0.2, -0.15) is 4.98 Å². The van der Waals surface area contributed by atoms with Crippen molar-refractivity contribution in [3.8, 4) is 0 Å². The van der Waals surface area contributed by atoms with Crippen LogP contribution in [0.3, 0.4) is 0 Å². The van der Waals surface area contributed by atoms with E-state index in [1.807, 2.05) is 26.8 Å². The van der Waals surface area contributed by atoms with Crippen molar-refractivity contribution < 1.29 is 13.6 Å². The Morgan fingerprint density at radius 3 is 2.41 bits per heavy atom. The standard InChI is InChI=1S/C22H28FN5O.C7H7F.C2H6/c1-4-15-9-10-17(12-16(15)5-2)26-22-24-13-19(23)21(27-22)25-18-8-7-11-28(14-18)20(29)6-3;1-6-2-4-7(8)5-3-6;1-2/h6,9-10,12-13,18H,3-5,7-8,11,14H2,1-2H3,(H2,24,25,26,27);2-5H,1H3;1-2H3. The second-order valence-corrected chi connectivity index (χ2v) is 8.97. The number of carbonyl (C=O) groups is 1. The normalized spacial score (nSPS) is 14.2. The van der Waals surface area contributed by atoms with E-state index in [0.29, 0.717) is 19.0 Å². The summed E-state index contributed by atoms with van der Waals surface area (Å²) in [6.45, 7) is 14.9. The van der Waals surface area contributed by atoms with E-state index in [0.717, 1.165) is 43.1 Å². The molecule has 1 aromatic heterocycles. The van der Waals surface area contributed by atoms with Gasteiger partial charge in [0.25, 0.3) is 0 Å². The number of piperidine rings is 1. The molecule has 0 radical (unpaired) electrons. The number of aromatic nitrogens is 2. The number of likely N-dealkylation sites (tertiary alicyclic amines) is 1. The van der Waals surface area contributed by atoms with E-state index in [9.17, 15) is 13.6 Å². The van der Waals surface area contributed by atoms with Gasteiger partial charge in [-0.05, 0) is 74.1 Å². The van der Waals surface area contributed by atoms with Crippen molar-refractivity contribution in [2.45, 2.75) is 66.3 Å². The summed E-state index contributed by atoms with van der Waals surface area (Å²) < 4.78 is 26.4. The fourth-order valence-corrected chi connectivity index (χ4v) is 4.19. The minimum Gasteiger partial charge on any atom is -0.363 e. The first-order valence-corrected chi connectivity index (χ1v) is 13.6. The molecule has 0 bridgehead atoms. The molecule has 1 atom stereocenters. The van der Waals surface area contributed by atoms with Crippen LogP contribution in [0.25, 0.3) is 0 Å². The zero-order chi connectivity index (χ0) is 28.8. The maximum atomic E-state index is 14.3. The lowest BCUT2D eigenvalue weighted by atomic mass is 10.0. The highest BCUT2D eigenvalue weighted by molar-refractivity contribution is 5.87. The number of rotatable bonds is 7. The van der Waals surface area contributed by atoms with E-state index >= 15 is 0 Å².